The lowest BCUT2D eigenvalue weighted by Gasteiger charge is -2.58. The summed E-state index contributed by atoms with van der Waals surface area (Å²) in [7, 11) is 0. The van der Waals surface area contributed by atoms with Crippen molar-refractivity contribution in [2.24, 2.45) is 11.8 Å². The molecule has 1 aromatic heterocycles. The predicted molar refractivity (Wildman–Crippen MR) is 117 cm³/mol. The van der Waals surface area contributed by atoms with Crippen LogP contribution in [0.3, 0.4) is 0 Å². The summed E-state index contributed by atoms with van der Waals surface area (Å²) >= 11 is 0. The molecule has 1 N–H and O–H groups in total. The van der Waals surface area contributed by atoms with Crippen molar-refractivity contribution in [2.45, 2.75) is 31.5 Å². The number of aliphatic hydroxyl groups is 1. The number of para-hydroxylation sites is 1. The molecule has 3 aromatic rings. The van der Waals surface area contributed by atoms with Gasteiger partial charge in [0.25, 0.3) is 0 Å². The van der Waals surface area contributed by atoms with Crippen LogP contribution in [0, 0.1) is 11.8 Å². The summed E-state index contributed by atoms with van der Waals surface area (Å²) in [6.07, 6.45) is 5.79. The fourth-order valence-corrected chi connectivity index (χ4v) is 5.91. The summed E-state index contributed by atoms with van der Waals surface area (Å²) in [6.45, 7) is 7.32. The summed E-state index contributed by atoms with van der Waals surface area (Å²) in [5.74, 6) is 1.18. The summed E-state index contributed by atoms with van der Waals surface area (Å²) < 4.78 is 0.953. The first kappa shape index (κ1) is 18.5. The van der Waals surface area contributed by atoms with Crippen LogP contribution in [0.1, 0.15) is 30.1 Å². The summed E-state index contributed by atoms with van der Waals surface area (Å²) in [5.41, 5.74) is 3.33. The number of hydrogen-bond acceptors (Lipinski definition) is 2. The van der Waals surface area contributed by atoms with Crippen LogP contribution in [0.5, 0.6) is 0 Å². The number of aliphatic hydroxyl groups excluding tert-OH is 1. The van der Waals surface area contributed by atoms with Gasteiger partial charge in [0, 0.05) is 35.9 Å². The molecule has 0 saturated carbocycles. The molecule has 6 rings (SSSR count). The van der Waals surface area contributed by atoms with E-state index in [4.69, 9.17) is 0 Å². The van der Waals surface area contributed by atoms with E-state index < -0.39 is 6.10 Å². The Hall–Kier alpha value is -2.49. The van der Waals surface area contributed by atoms with Crippen molar-refractivity contribution in [2.75, 3.05) is 13.1 Å². The Kier molecular flexibility index (Phi) is 4.73. The molecule has 2 bridgehead atoms. The van der Waals surface area contributed by atoms with Crippen LogP contribution in [0.2, 0.25) is 0 Å². The number of nitrogens with zero attached hydrogens (tertiary/aromatic N) is 2. The quantitative estimate of drug-likeness (QED) is 0.502. The zero-order valence-electron chi connectivity index (χ0n) is 16.8. The fourth-order valence-electron chi connectivity index (χ4n) is 5.91. The van der Waals surface area contributed by atoms with E-state index in [9.17, 15) is 5.11 Å². The SMILES string of the molecule is C=C[C@H]1C[N@+]2(Cc3ccccc3)CC[C@H]1CC2[C@@H](O)c1ccnc2ccccc12. The van der Waals surface area contributed by atoms with Crippen molar-refractivity contribution in [3.8, 4) is 0 Å². The average Bonchev–Trinajstić information content (AvgIpc) is 2.78. The molecule has 148 valence electrons. The van der Waals surface area contributed by atoms with Gasteiger partial charge >= 0.3 is 0 Å². The van der Waals surface area contributed by atoms with Gasteiger partial charge in [-0.25, -0.2) is 0 Å². The largest absolute Gasteiger partial charge is 0.382 e. The molecule has 1 unspecified atom stereocenters. The standard InChI is InChI=1S/C26H29N2O/c1-2-20-18-28(17-19-8-4-3-5-9-19)15-13-21(20)16-25(28)26(29)23-12-14-27-24-11-7-6-10-22(23)24/h2-12,14,20-21,25-26,29H,1,13,15-18H2/q+1/t20-,21-,25?,26-,28+/m0/s1. The molecule has 0 spiro atoms. The van der Waals surface area contributed by atoms with Gasteiger partial charge in [-0.2, -0.15) is 0 Å². The van der Waals surface area contributed by atoms with Crippen molar-refractivity contribution >= 4 is 10.9 Å². The minimum atomic E-state index is -0.486. The van der Waals surface area contributed by atoms with Gasteiger partial charge in [-0.05, 0) is 23.6 Å². The fraction of sp³-hybridized carbons (Fsp3) is 0.346. The Morgan fingerprint density at radius 2 is 1.90 bits per heavy atom. The van der Waals surface area contributed by atoms with Crippen LogP contribution in [0.15, 0.2) is 79.5 Å². The molecule has 0 amide bonds. The Morgan fingerprint density at radius 3 is 2.72 bits per heavy atom. The molecule has 29 heavy (non-hydrogen) atoms. The van der Waals surface area contributed by atoms with Crippen molar-refractivity contribution in [3.63, 3.8) is 0 Å². The highest BCUT2D eigenvalue weighted by atomic mass is 16.3. The van der Waals surface area contributed by atoms with Gasteiger partial charge in [0.1, 0.15) is 18.7 Å². The predicted octanol–water partition coefficient (Wildman–Crippen LogP) is 4.88. The van der Waals surface area contributed by atoms with E-state index in [1.165, 1.54) is 12.0 Å². The van der Waals surface area contributed by atoms with Gasteiger partial charge in [-0.15, -0.1) is 6.58 Å². The number of piperidine rings is 3. The number of hydrogen-bond donors (Lipinski definition) is 1. The van der Waals surface area contributed by atoms with Gasteiger partial charge < -0.3 is 9.59 Å². The summed E-state index contributed by atoms with van der Waals surface area (Å²) in [6, 6.07) is 21.2. The molecular formula is C26H29N2O+. The molecule has 3 nitrogen and oxygen atoms in total. The monoisotopic (exact) mass is 385 g/mol. The Bertz CT molecular complexity index is 1010. The maximum absolute atomic E-state index is 11.7. The average molecular weight is 386 g/mol. The van der Waals surface area contributed by atoms with Crippen molar-refractivity contribution < 1.29 is 9.59 Å². The zero-order valence-corrected chi connectivity index (χ0v) is 16.8. The highest BCUT2D eigenvalue weighted by Gasteiger charge is 2.53. The maximum Gasteiger partial charge on any atom is 0.131 e. The molecule has 3 aliphatic rings. The molecule has 3 aliphatic heterocycles. The number of pyridine rings is 1. The van der Waals surface area contributed by atoms with E-state index in [2.05, 4.69) is 54.0 Å². The number of benzene rings is 2. The number of fused-ring (bicyclic) bond motifs is 4. The Labute approximate surface area is 172 Å². The molecule has 3 saturated heterocycles. The van der Waals surface area contributed by atoms with Crippen LogP contribution in [-0.2, 0) is 6.54 Å². The lowest BCUT2D eigenvalue weighted by molar-refractivity contribution is -0.984. The lowest BCUT2D eigenvalue weighted by atomic mass is 9.71. The van der Waals surface area contributed by atoms with Gasteiger partial charge in [0.2, 0.25) is 0 Å². The van der Waals surface area contributed by atoms with Gasteiger partial charge in [0.05, 0.1) is 18.6 Å². The van der Waals surface area contributed by atoms with E-state index in [-0.39, 0.29) is 6.04 Å². The highest BCUT2D eigenvalue weighted by molar-refractivity contribution is 5.82. The third kappa shape index (κ3) is 3.19. The molecule has 5 atom stereocenters. The van der Waals surface area contributed by atoms with Crippen LogP contribution >= 0.6 is 0 Å². The van der Waals surface area contributed by atoms with Gasteiger partial charge in [-0.1, -0.05) is 54.6 Å². The number of quaternary nitrogens is 1. The molecule has 3 heteroatoms. The summed E-state index contributed by atoms with van der Waals surface area (Å²) in [5, 5.41) is 12.8. The third-order valence-electron chi connectivity index (χ3n) is 7.38. The second-order valence-electron chi connectivity index (χ2n) is 8.88. The molecule has 4 heterocycles. The number of aromatic nitrogens is 1. The molecular weight excluding hydrogens is 356 g/mol. The lowest BCUT2D eigenvalue weighted by Crippen LogP contribution is -2.67. The number of rotatable bonds is 5. The van der Waals surface area contributed by atoms with Gasteiger partial charge in [0.15, 0.2) is 0 Å². The summed E-state index contributed by atoms with van der Waals surface area (Å²) in [4.78, 5) is 4.50. The minimum Gasteiger partial charge on any atom is -0.382 e. The van der Waals surface area contributed by atoms with Crippen LogP contribution in [-0.4, -0.2) is 33.7 Å². The van der Waals surface area contributed by atoms with Crippen molar-refractivity contribution in [3.05, 3.63) is 90.6 Å². The first-order valence-corrected chi connectivity index (χ1v) is 10.7. The second kappa shape index (κ2) is 7.40. The van der Waals surface area contributed by atoms with E-state index in [1.54, 1.807) is 0 Å². The van der Waals surface area contributed by atoms with E-state index in [0.29, 0.717) is 11.8 Å². The van der Waals surface area contributed by atoms with E-state index >= 15 is 0 Å². The van der Waals surface area contributed by atoms with Crippen LogP contribution in [0.25, 0.3) is 10.9 Å². The first-order chi connectivity index (χ1) is 14.2. The Balaban J connectivity index is 1.56. The smallest absolute Gasteiger partial charge is 0.131 e. The topological polar surface area (TPSA) is 33.1 Å². The third-order valence-corrected chi connectivity index (χ3v) is 7.38. The van der Waals surface area contributed by atoms with Crippen molar-refractivity contribution in [1.82, 2.24) is 4.98 Å². The maximum atomic E-state index is 11.7. The van der Waals surface area contributed by atoms with E-state index in [1.807, 2.05) is 30.5 Å². The van der Waals surface area contributed by atoms with Crippen LogP contribution in [0.4, 0.5) is 0 Å². The van der Waals surface area contributed by atoms with Crippen LogP contribution < -0.4 is 0 Å². The van der Waals surface area contributed by atoms with E-state index in [0.717, 1.165) is 47.0 Å². The van der Waals surface area contributed by atoms with Gasteiger partial charge in [-0.3, -0.25) is 4.98 Å². The minimum absolute atomic E-state index is 0.205. The molecule has 3 fully saturated rings. The molecule has 0 radical (unpaired) electrons. The Morgan fingerprint density at radius 1 is 1.10 bits per heavy atom. The highest BCUT2D eigenvalue weighted by Crippen LogP contribution is 2.47. The molecule has 2 aromatic carbocycles. The zero-order chi connectivity index (χ0) is 19.8. The second-order valence-corrected chi connectivity index (χ2v) is 8.88. The first-order valence-electron chi connectivity index (χ1n) is 10.7. The van der Waals surface area contributed by atoms with Crippen molar-refractivity contribution in [1.29, 1.82) is 0 Å². The normalized spacial score (nSPS) is 29.6. The molecule has 0 aliphatic carbocycles.